The summed E-state index contributed by atoms with van der Waals surface area (Å²) < 4.78 is 26.5. The maximum Gasteiger partial charge on any atom is 0.529 e. The summed E-state index contributed by atoms with van der Waals surface area (Å²) in [5.41, 5.74) is 1.52. The molecule has 0 heterocycles. The van der Waals surface area contributed by atoms with E-state index in [2.05, 4.69) is 0 Å². The molecule has 0 aliphatic heterocycles. The van der Waals surface area contributed by atoms with E-state index < -0.39 is 7.82 Å². The first-order valence-corrected chi connectivity index (χ1v) is 6.44. The lowest BCUT2D eigenvalue weighted by atomic mass is 10.1. The van der Waals surface area contributed by atoms with Gasteiger partial charge in [0.05, 0.1) is 0 Å². The second-order valence-corrected chi connectivity index (χ2v) is 5.44. The zero-order valence-corrected chi connectivity index (χ0v) is 11.3. The fraction of sp³-hybridized carbons (Fsp3) is 0.400. The molecule has 1 aromatic rings. The van der Waals surface area contributed by atoms with Crippen LogP contribution in [0.2, 0.25) is 5.02 Å². The Balaban J connectivity index is 3.15. The van der Waals surface area contributed by atoms with E-state index in [0.29, 0.717) is 16.3 Å². The molecule has 1 rings (SSSR count). The second kappa shape index (κ2) is 5.19. The maximum atomic E-state index is 11.8. The molecular formula is C10H14ClO4P. The third kappa shape index (κ3) is 2.77. The average molecular weight is 265 g/mol. The van der Waals surface area contributed by atoms with E-state index in [-0.39, 0.29) is 0 Å². The number of phosphoric ester groups is 1. The Bertz CT molecular complexity index is 425. The Morgan fingerprint density at radius 1 is 1.19 bits per heavy atom. The molecule has 0 aliphatic rings. The van der Waals surface area contributed by atoms with E-state index >= 15 is 0 Å². The van der Waals surface area contributed by atoms with Gasteiger partial charge in [-0.05, 0) is 25.5 Å². The van der Waals surface area contributed by atoms with Gasteiger partial charge in [0.1, 0.15) is 5.75 Å². The molecule has 0 N–H and O–H groups in total. The fourth-order valence-electron chi connectivity index (χ4n) is 1.20. The van der Waals surface area contributed by atoms with Crippen LogP contribution in [-0.2, 0) is 13.6 Å². The highest BCUT2D eigenvalue weighted by molar-refractivity contribution is 7.48. The maximum absolute atomic E-state index is 11.8. The zero-order chi connectivity index (χ0) is 12.3. The number of halogens is 1. The molecule has 0 fully saturated rings. The Morgan fingerprint density at radius 2 is 1.75 bits per heavy atom. The third-order valence-electron chi connectivity index (χ3n) is 2.19. The molecule has 0 unspecified atom stereocenters. The number of aryl methyl sites for hydroxylation is 1. The monoisotopic (exact) mass is 264 g/mol. The van der Waals surface area contributed by atoms with Crippen LogP contribution >= 0.6 is 19.4 Å². The van der Waals surface area contributed by atoms with Crippen molar-refractivity contribution < 1.29 is 18.1 Å². The van der Waals surface area contributed by atoms with Gasteiger partial charge in [-0.15, -0.1) is 0 Å². The van der Waals surface area contributed by atoms with E-state index in [1.807, 2.05) is 6.92 Å². The van der Waals surface area contributed by atoms with Gasteiger partial charge < -0.3 is 4.52 Å². The molecule has 0 spiro atoms. The van der Waals surface area contributed by atoms with Crippen molar-refractivity contribution in [1.29, 1.82) is 0 Å². The highest BCUT2D eigenvalue weighted by Gasteiger charge is 2.26. The fourth-order valence-corrected chi connectivity index (χ4v) is 2.16. The molecule has 16 heavy (non-hydrogen) atoms. The van der Waals surface area contributed by atoms with Crippen LogP contribution in [0.15, 0.2) is 12.1 Å². The van der Waals surface area contributed by atoms with Crippen LogP contribution in [0.25, 0.3) is 0 Å². The van der Waals surface area contributed by atoms with Crippen LogP contribution < -0.4 is 4.52 Å². The molecule has 0 bridgehead atoms. The van der Waals surface area contributed by atoms with Crippen molar-refractivity contribution in [3.05, 3.63) is 28.3 Å². The summed E-state index contributed by atoms with van der Waals surface area (Å²) in [5.74, 6) is 0.430. The molecule has 4 nitrogen and oxygen atoms in total. The summed E-state index contributed by atoms with van der Waals surface area (Å²) >= 11 is 5.95. The molecule has 1 aromatic carbocycles. The Labute approximate surface area is 100 Å². The highest BCUT2D eigenvalue weighted by atomic mass is 35.5. The summed E-state index contributed by atoms with van der Waals surface area (Å²) in [7, 11) is -1.01. The van der Waals surface area contributed by atoms with Crippen LogP contribution in [0.3, 0.4) is 0 Å². The first kappa shape index (κ1) is 13.5. The Morgan fingerprint density at radius 3 is 2.25 bits per heavy atom. The van der Waals surface area contributed by atoms with E-state index in [1.165, 1.54) is 14.2 Å². The zero-order valence-electron chi connectivity index (χ0n) is 9.61. The molecule has 0 saturated carbocycles. The van der Waals surface area contributed by atoms with Crippen molar-refractivity contribution in [3.63, 3.8) is 0 Å². The summed E-state index contributed by atoms with van der Waals surface area (Å²) in [6.07, 6.45) is 0. The highest BCUT2D eigenvalue weighted by Crippen LogP contribution is 2.49. The predicted molar refractivity (Wildman–Crippen MR) is 63.2 cm³/mol. The van der Waals surface area contributed by atoms with Gasteiger partial charge in [0.15, 0.2) is 0 Å². The molecule has 0 aromatic heterocycles. The predicted octanol–water partition coefficient (Wildman–Crippen LogP) is 3.74. The lowest BCUT2D eigenvalue weighted by Gasteiger charge is -2.17. The molecule has 0 aliphatic carbocycles. The Kier molecular flexibility index (Phi) is 4.39. The van der Waals surface area contributed by atoms with E-state index in [9.17, 15) is 4.57 Å². The van der Waals surface area contributed by atoms with Crippen molar-refractivity contribution in [1.82, 2.24) is 0 Å². The van der Waals surface area contributed by atoms with Crippen molar-refractivity contribution in [2.24, 2.45) is 0 Å². The number of rotatable bonds is 4. The number of benzene rings is 1. The lowest BCUT2D eigenvalue weighted by Crippen LogP contribution is -2.00. The minimum atomic E-state index is -3.54. The van der Waals surface area contributed by atoms with Gasteiger partial charge in [-0.1, -0.05) is 17.7 Å². The second-order valence-electron chi connectivity index (χ2n) is 3.22. The van der Waals surface area contributed by atoms with E-state index in [4.69, 9.17) is 25.2 Å². The first-order valence-electron chi connectivity index (χ1n) is 4.60. The number of hydrogen-bond acceptors (Lipinski definition) is 4. The first-order chi connectivity index (χ1) is 7.43. The van der Waals surface area contributed by atoms with Crippen LogP contribution in [0, 0.1) is 13.8 Å². The molecule has 0 radical (unpaired) electrons. The average Bonchev–Trinajstić information content (AvgIpc) is 2.29. The quantitative estimate of drug-likeness (QED) is 0.777. The van der Waals surface area contributed by atoms with Crippen LogP contribution in [0.1, 0.15) is 11.1 Å². The van der Waals surface area contributed by atoms with Crippen molar-refractivity contribution in [2.45, 2.75) is 13.8 Å². The van der Waals surface area contributed by atoms with Crippen LogP contribution in [-0.4, -0.2) is 14.2 Å². The third-order valence-corrected chi connectivity index (χ3v) is 3.90. The van der Waals surface area contributed by atoms with Gasteiger partial charge in [-0.2, -0.15) is 0 Å². The summed E-state index contributed by atoms with van der Waals surface area (Å²) in [6, 6.07) is 3.53. The van der Waals surface area contributed by atoms with Crippen molar-refractivity contribution in [3.8, 4) is 5.75 Å². The van der Waals surface area contributed by atoms with Crippen LogP contribution in [0.5, 0.6) is 5.75 Å². The van der Waals surface area contributed by atoms with Gasteiger partial charge in [0.25, 0.3) is 0 Å². The summed E-state index contributed by atoms with van der Waals surface area (Å²) in [4.78, 5) is 0. The van der Waals surface area contributed by atoms with Gasteiger partial charge >= 0.3 is 7.82 Å². The lowest BCUT2D eigenvalue weighted by molar-refractivity contribution is 0.210. The SMILES string of the molecule is COP(=O)(OC)Oc1c(C)ccc(Cl)c1C. The smallest absolute Gasteiger partial charge is 0.403 e. The largest absolute Gasteiger partial charge is 0.529 e. The number of phosphoric acid groups is 1. The Hall–Kier alpha value is -0.540. The number of hydrogen-bond donors (Lipinski definition) is 0. The van der Waals surface area contributed by atoms with E-state index in [0.717, 1.165) is 5.56 Å². The normalized spacial score (nSPS) is 11.6. The molecular weight excluding hydrogens is 251 g/mol. The molecule has 0 amide bonds. The van der Waals surface area contributed by atoms with E-state index in [1.54, 1.807) is 19.1 Å². The standard InChI is InChI=1S/C10H14ClO4P/c1-7-5-6-9(11)8(2)10(7)15-16(12,13-3)14-4/h5-6H,1-4H3. The van der Waals surface area contributed by atoms with Gasteiger partial charge in [0, 0.05) is 24.8 Å². The van der Waals surface area contributed by atoms with Crippen LogP contribution in [0.4, 0.5) is 0 Å². The molecule has 90 valence electrons. The van der Waals surface area contributed by atoms with Crippen molar-refractivity contribution >= 4 is 19.4 Å². The van der Waals surface area contributed by atoms with Gasteiger partial charge in [0.2, 0.25) is 0 Å². The van der Waals surface area contributed by atoms with Crippen molar-refractivity contribution in [2.75, 3.05) is 14.2 Å². The minimum absolute atomic E-state index is 0.430. The molecule has 0 atom stereocenters. The molecule has 6 heteroatoms. The summed E-state index contributed by atoms with van der Waals surface area (Å²) in [6.45, 7) is 3.61. The van der Waals surface area contributed by atoms with Gasteiger partial charge in [-0.3, -0.25) is 9.05 Å². The molecule has 0 saturated heterocycles. The minimum Gasteiger partial charge on any atom is -0.403 e. The van der Waals surface area contributed by atoms with Gasteiger partial charge in [-0.25, -0.2) is 4.57 Å². The topological polar surface area (TPSA) is 44.8 Å². The summed E-state index contributed by atoms with van der Waals surface area (Å²) in [5, 5.41) is 0.541.